The van der Waals surface area contributed by atoms with Crippen molar-refractivity contribution >= 4 is 17.6 Å². The van der Waals surface area contributed by atoms with Crippen molar-refractivity contribution in [1.29, 1.82) is 0 Å². The number of hydrogen-bond acceptors (Lipinski definition) is 3. The largest absolute Gasteiger partial charge is 0.343 e. The molecule has 0 bridgehead atoms. The Morgan fingerprint density at radius 1 is 1.62 bits per heavy atom. The molecule has 5 nitrogen and oxygen atoms in total. The molecule has 1 saturated heterocycles. The number of carbonyl (C=O) groups is 3. The predicted molar refractivity (Wildman–Crippen MR) is 44.9 cm³/mol. The summed E-state index contributed by atoms with van der Waals surface area (Å²) < 4.78 is 0. The Bertz CT molecular complexity index is 260. The first-order chi connectivity index (χ1) is 6.00. The molecule has 2 amide bonds. The van der Waals surface area contributed by atoms with Crippen molar-refractivity contribution in [2.24, 2.45) is 0 Å². The smallest absolute Gasteiger partial charge is 0.245 e. The number of nitrogens with zero attached hydrogens (tertiary/aromatic N) is 1. The maximum Gasteiger partial charge on any atom is 0.245 e. The molecule has 1 unspecified atom stereocenters. The summed E-state index contributed by atoms with van der Waals surface area (Å²) in [6.45, 7) is 3.01. The van der Waals surface area contributed by atoms with Gasteiger partial charge in [-0.25, -0.2) is 0 Å². The Morgan fingerprint density at radius 2 is 2.23 bits per heavy atom. The van der Waals surface area contributed by atoms with Crippen LogP contribution < -0.4 is 5.32 Å². The van der Waals surface area contributed by atoms with Crippen LogP contribution in [0, 0.1) is 0 Å². The highest BCUT2D eigenvalue weighted by Crippen LogP contribution is 2.01. The Kier molecular flexibility index (Phi) is 2.65. The van der Waals surface area contributed by atoms with Gasteiger partial charge in [-0.15, -0.1) is 0 Å². The lowest BCUT2D eigenvalue weighted by Crippen LogP contribution is -2.57. The van der Waals surface area contributed by atoms with Crippen LogP contribution in [-0.4, -0.2) is 41.6 Å². The minimum atomic E-state index is -0.513. The highest BCUT2D eigenvalue weighted by Gasteiger charge is 2.29. The summed E-state index contributed by atoms with van der Waals surface area (Å²) in [6.07, 6.45) is 0. The highest BCUT2D eigenvalue weighted by atomic mass is 16.2. The van der Waals surface area contributed by atoms with Crippen molar-refractivity contribution in [3.05, 3.63) is 0 Å². The maximum absolute atomic E-state index is 11.4. The van der Waals surface area contributed by atoms with Crippen LogP contribution in [0.3, 0.4) is 0 Å². The molecular weight excluding hydrogens is 172 g/mol. The van der Waals surface area contributed by atoms with E-state index in [9.17, 15) is 14.4 Å². The zero-order chi connectivity index (χ0) is 10.0. The van der Waals surface area contributed by atoms with Crippen LogP contribution in [0.5, 0.6) is 0 Å². The molecule has 0 radical (unpaired) electrons. The first kappa shape index (κ1) is 9.70. The minimum absolute atomic E-state index is 0.0112. The van der Waals surface area contributed by atoms with Gasteiger partial charge >= 0.3 is 0 Å². The van der Waals surface area contributed by atoms with E-state index in [1.807, 2.05) is 0 Å². The number of rotatable bonds is 2. The predicted octanol–water partition coefficient (Wildman–Crippen LogP) is -1.08. The lowest BCUT2D eigenvalue weighted by Gasteiger charge is -2.29. The van der Waals surface area contributed by atoms with Crippen molar-refractivity contribution in [3.8, 4) is 0 Å². The average molecular weight is 184 g/mol. The monoisotopic (exact) mass is 184 g/mol. The van der Waals surface area contributed by atoms with Gasteiger partial charge in [0.1, 0.15) is 18.4 Å². The van der Waals surface area contributed by atoms with E-state index in [1.54, 1.807) is 6.92 Å². The van der Waals surface area contributed by atoms with Gasteiger partial charge in [-0.2, -0.15) is 0 Å². The molecule has 5 heteroatoms. The summed E-state index contributed by atoms with van der Waals surface area (Å²) in [5.41, 5.74) is 0. The number of piperazine rings is 1. The fraction of sp³-hybridized carbons (Fsp3) is 0.625. The molecule has 0 aromatic carbocycles. The Balaban J connectivity index is 2.66. The molecule has 0 spiro atoms. The van der Waals surface area contributed by atoms with Crippen molar-refractivity contribution < 1.29 is 14.4 Å². The Hall–Kier alpha value is -1.39. The number of carbonyl (C=O) groups excluding carboxylic acids is 3. The second kappa shape index (κ2) is 3.55. The van der Waals surface area contributed by atoms with E-state index in [1.165, 1.54) is 11.8 Å². The van der Waals surface area contributed by atoms with Crippen LogP contribution in [0.2, 0.25) is 0 Å². The van der Waals surface area contributed by atoms with Gasteiger partial charge in [0.15, 0.2) is 0 Å². The van der Waals surface area contributed by atoms with Crippen LogP contribution >= 0.6 is 0 Å². The lowest BCUT2D eigenvalue weighted by atomic mass is 10.2. The van der Waals surface area contributed by atoms with Crippen LogP contribution in [0.15, 0.2) is 0 Å². The molecule has 0 saturated carbocycles. The van der Waals surface area contributed by atoms with E-state index < -0.39 is 6.04 Å². The number of nitrogens with one attached hydrogen (secondary N) is 1. The fourth-order valence-corrected chi connectivity index (χ4v) is 1.28. The third-order valence-electron chi connectivity index (χ3n) is 1.81. The molecule has 0 aromatic rings. The summed E-state index contributed by atoms with van der Waals surface area (Å²) in [5.74, 6) is -0.529. The van der Waals surface area contributed by atoms with Crippen molar-refractivity contribution in [2.75, 3.05) is 13.1 Å². The minimum Gasteiger partial charge on any atom is -0.343 e. The zero-order valence-corrected chi connectivity index (χ0v) is 7.66. The number of amides is 2. The molecule has 1 N–H and O–H groups in total. The van der Waals surface area contributed by atoms with E-state index in [0.29, 0.717) is 0 Å². The molecule has 0 aliphatic carbocycles. The molecule has 1 aliphatic rings. The summed E-state index contributed by atoms with van der Waals surface area (Å²) >= 11 is 0. The van der Waals surface area contributed by atoms with Gasteiger partial charge in [0.2, 0.25) is 11.8 Å². The summed E-state index contributed by atoms with van der Waals surface area (Å²) in [4.78, 5) is 34.4. The van der Waals surface area contributed by atoms with Gasteiger partial charge < -0.3 is 10.2 Å². The van der Waals surface area contributed by atoms with Gasteiger partial charge in [-0.1, -0.05) is 0 Å². The van der Waals surface area contributed by atoms with E-state index in [0.717, 1.165) is 0 Å². The fourth-order valence-electron chi connectivity index (χ4n) is 1.28. The van der Waals surface area contributed by atoms with E-state index >= 15 is 0 Å². The highest BCUT2D eigenvalue weighted by molar-refractivity contribution is 5.96. The first-order valence-electron chi connectivity index (χ1n) is 4.08. The molecule has 72 valence electrons. The van der Waals surface area contributed by atoms with Crippen LogP contribution in [0.4, 0.5) is 0 Å². The topological polar surface area (TPSA) is 66.5 Å². The van der Waals surface area contributed by atoms with Gasteiger partial charge in [-0.05, 0) is 13.8 Å². The summed E-state index contributed by atoms with van der Waals surface area (Å²) in [5, 5.41) is 2.49. The second-order valence-electron chi connectivity index (χ2n) is 3.19. The SMILES string of the molecule is CC(=O)CN1CC(=O)NC(C)C1=O. The lowest BCUT2D eigenvalue weighted by molar-refractivity contribution is -0.145. The van der Waals surface area contributed by atoms with Crippen molar-refractivity contribution in [1.82, 2.24) is 10.2 Å². The van der Waals surface area contributed by atoms with E-state index in [4.69, 9.17) is 0 Å². The number of ketones is 1. The molecule has 1 aliphatic heterocycles. The van der Waals surface area contributed by atoms with E-state index in [2.05, 4.69) is 5.32 Å². The normalized spacial score (nSPS) is 22.9. The van der Waals surface area contributed by atoms with Crippen LogP contribution in [0.1, 0.15) is 13.8 Å². The molecule has 13 heavy (non-hydrogen) atoms. The van der Waals surface area contributed by atoms with Crippen molar-refractivity contribution in [3.63, 3.8) is 0 Å². The zero-order valence-electron chi connectivity index (χ0n) is 7.66. The van der Waals surface area contributed by atoms with Crippen LogP contribution in [0.25, 0.3) is 0 Å². The van der Waals surface area contributed by atoms with Crippen LogP contribution in [-0.2, 0) is 14.4 Å². The number of hydrogen-bond donors (Lipinski definition) is 1. The summed E-state index contributed by atoms with van der Waals surface area (Å²) in [6, 6.07) is -0.513. The Morgan fingerprint density at radius 3 is 2.77 bits per heavy atom. The maximum atomic E-state index is 11.4. The molecular formula is C8H12N2O3. The molecule has 1 atom stereocenters. The first-order valence-corrected chi connectivity index (χ1v) is 4.08. The summed E-state index contributed by atoms with van der Waals surface area (Å²) in [7, 11) is 0. The molecule has 1 fully saturated rings. The van der Waals surface area contributed by atoms with Gasteiger partial charge in [0, 0.05) is 0 Å². The van der Waals surface area contributed by atoms with Gasteiger partial charge in [0.05, 0.1) is 6.54 Å². The third-order valence-corrected chi connectivity index (χ3v) is 1.81. The standard InChI is InChI=1S/C8H12N2O3/c1-5(11)3-10-4-7(12)9-6(2)8(10)13/h6H,3-4H2,1-2H3,(H,9,12). The molecule has 0 aromatic heterocycles. The van der Waals surface area contributed by atoms with Gasteiger partial charge in [0.25, 0.3) is 0 Å². The van der Waals surface area contributed by atoms with E-state index in [-0.39, 0.29) is 30.7 Å². The number of Topliss-reactive ketones (excluding diaryl/α,β-unsaturated/α-hetero) is 1. The third kappa shape index (κ3) is 2.27. The molecule has 1 rings (SSSR count). The average Bonchev–Trinajstić information content (AvgIpc) is 1.98. The van der Waals surface area contributed by atoms with Crippen molar-refractivity contribution in [2.45, 2.75) is 19.9 Å². The second-order valence-corrected chi connectivity index (χ2v) is 3.19. The molecule has 1 heterocycles. The van der Waals surface area contributed by atoms with Gasteiger partial charge in [-0.3, -0.25) is 14.4 Å². The Labute approximate surface area is 76.1 Å². The quantitative estimate of drug-likeness (QED) is 0.593.